The van der Waals surface area contributed by atoms with Gasteiger partial charge < -0.3 is 20.5 Å². The Morgan fingerprint density at radius 1 is 0.930 bits per heavy atom. The summed E-state index contributed by atoms with van der Waals surface area (Å²) >= 11 is 0. The summed E-state index contributed by atoms with van der Waals surface area (Å²) in [5.74, 6) is -0.954. The molecule has 14 nitrogen and oxygen atoms in total. The molecule has 0 saturated carbocycles. The van der Waals surface area contributed by atoms with Gasteiger partial charge in [0, 0.05) is 43.0 Å². The zero-order valence-corrected chi connectivity index (χ0v) is 33.1. The topological polar surface area (TPSA) is 181 Å². The Labute approximate surface area is 333 Å². The first-order chi connectivity index (χ1) is 26.3. The average molecular weight is 824 g/mol. The van der Waals surface area contributed by atoms with Crippen LogP contribution in [0.1, 0.15) is 79.5 Å². The van der Waals surface area contributed by atoms with E-state index in [0.29, 0.717) is 35.5 Å². The largest absolute Gasteiger partial charge is 0.461 e. The van der Waals surface area contributed by atoms with Crippen LogP contribution < -0.4 is 11.1 Å². The summed E-state index contributed by atoms with van der Waals surface area (Å²) in [5, 5.41) is 11.4. The number of hydrogen-bond donors (Lipinski definition) is 2. The van der Waals surface area contributed by atoms with Crippen LogP contribution in [-0.4, -0.2) is 79.5 Å². The molecule has 3 heterocycles. The van der Waals surface area contributed by atoms with Crippen LogP contribution in [0.3, 0.4) is 0 Å². The van der Waals surface area contributed by atoms with E-state index in [4.69, 9.17) is 24.8 Å². The van der Waals surface area contributed by atoms with Crippen molar-refractivity contribution < 1.29 is 51.0 Å². The van der Waals surface area contributed by atoms with Gasteiger partial charge in [-0.1, -0.05) is 24.6 Å². The van der Waals surface area contributed by atoms with E-state index in [2.05, 4.69) is 15.5 Å². The molecule has 57 heavy (non-hydrogen) atoms. The smallest absolute Gasteiger partial charge is 0.416 e. The highest BCUT2D eigenvalue weighted by atomic mass is 35.5. The van der Waals surface area contributed by atoms with Gasteiger partial charge in [0.15, 0.2) is 5.69 Å². The molecule has 3 N–H and O–H groups in total. The molecule has 0 bridgehead atoms. The number of nitrogens with two attached hydrogens (primary N) is 1. The lowest BCUT2D eigenvalue weighted by atomic mass is 10.1. The highest BCUT2D eigenvalue weighted by Crippen LogP contribution is 2.30. The summed E-state index contributed by atoms with van der Waals surface area (Å²) in [4.78, 5) is 54.3. The van der Waals surface area contributed by atoms with Crippen molar-refractivity contribution in [2.24, 2.45) is 5.73 Å². The van der Waals surface area contributed by atoms with Gasteiger partial charge in [-0.2, -0.15) is 33.0 Å². The third-order valence-electron chi connectivity index (χ3n) is 8.08. The molecule has 2 amide bonds. The number of rotatable bonds is 9. The number of aryl methyl sites for hydroxylation is 2. The molecule has 1 aliphatic heterocycles. The second-order valence-corrected chi connectivity index (χ2v) is 13.4. The number of halogens is 5. The van der Waals surface area contributed by atoms with Gasteiger partial charge in [0.1, 0.15) is 17.8 Å². The summed E-state index contributed by atoms with van der Waals surface area (Å²) in [6, 6.07) is 11.4. The van der Waals surface area contributed by atoms with Crippen molar-refractivity contribution in [3.63, 3.8) is 0 Å². The molecule has 0 aliphatic carbocycles. The van der Waals surface area contributed by atoms with Crippen LogP contribution >= 0.6 is 12.4 Å². The Morgan fingerprint density at radius 2 is 1.47 bits per heavy atom. The maximum atomic E-state index is 14.0. The third kappa shape index (κ3) is 13.5. The summed E-state index contributed by atoms with van der Waals surface area (Å²) < 4.78 is 65.8. The zero-order chi connectivity index (χ0) is 41.8. The molecule has 1 saturated heterocycles. The Balaban J connectivity index is 0.000000412. The number of nitrogens with one attached hydrogen (secondary N) is 1. The summed E-state index contributed by atoms with van der Waals surface area (Å²) in [6.07, 6.45) is -2.49. The van der Waals surface area contributed by atoms with Crippen LogP contribution in [0.5, 0.6) is 0 Å². The monoisotopic (exact) mass is 823 g/mol. The molecule has 2 atom stereocenters. The molecule has 310 valence electrons. The third-order valence-corrected chi connectivity index (χ3v) is 8.08. The fourth-order valence-corrected chi connectivity index (χ4v) is 5.44. The second-order valence-electron chi connectivity index (χ2n) is 13.4. The van der Waals surface area contributed by atoms with Gasteiger partial charge in [0.05, 0.1) is 35.8 Å². The number of alkyl halides is 4. The molecule has 2 aromatic carbocycles. The number of esters is 1. The predicted octanol–water partition coefficient (Wildman–Crippen LogP) is 6.07. The number of benzene rings is 2. The molecule has 2 aromatic heterocycles. The summed E-state index contributed by atoms with van der Waals surface area (Å²) in [7, 11) is 0. The maximum absolute atomic E-state index is 14.0. The van der Waals surface area contributed by atoms with E-state index in [-0.39, 0.29) is 50.3 Å². The van der Waals surface area contributed by atoms with Crippen molar-refractivity contribution in [2.45, 2.75) is 91.5 Å². The molecule has 1 fully saturated rings. The van der Waals surface area contributed by atoms with E-state index < -0.39 is 47.5 Å². The minimum absolute atomic E-state index is 0. The SMILES string of the molecule is CCOC(=O)c1nn(-c2ccc(C)cc2)cc1CN.CCc1nn(-c2ccc(C(F)(F)F)cc2)cc1CNC(=O)[C@@H]1C[C@@H](F)CN1C(=O)OC(C)(C)C.Cl.O=C=O. The molecule has 0 radical (unpaired) electrons. The molecule has 1 aliphatic rings. The van der Waals surface area contributed by atoms with E-state index in [1.165, 1.54) is 22.4 Å². The average Bonchev–Trinajstić information content (AvgIpc) is 3.87. The first-order valence-electron chi connectivity index (χ1n) is 17.5. The van der Waals surface area contributed by atoms with Crippen molar-refractivity contribution in [3.05, 3.63) is 94.6 Å². The fraction of sp³-hybridized carbons (Fsp3) is 0.421. The van der Waals surface area contributed by atoms with E-state index in [1.54, 1.807) is 44.8 Å². The van der Waals surface area contributed by atoms with Gasteiger partial charge in [0.25, 0.3) is 0 Å². The van der Waals surface area contributed by atoms with Crippen molar-refractivity contribution in [2.75, 3.05) is 13.2 Å². The number of aromatic nitrogens is 4. The van der Waals surface area contributed by atoms with E-state index in [9.17, 15) is 31.9 Å². The normalized spacial score (nSPS) is 14.8. The minimum Gasteiger partial charge on any atom is -0.461 e. The van der Waals surface area contributed by atoms with Crippen LogP contribution in [-0.2, 0) is 49.5 Å². The quantitative estimate of drug-likeness (QED) is 0.149. The lowest BCUT2D eigenvalue weighted by Gasteiger charge is -2.27. The molecular formula is C38H46ClF4N7O7. The molecule has 0 spiro atoms. The van der Waals surface area contributed by atoms with E-state index in [0.717, 1.165) is 22.7 Å². The maximum Gasteiger partial charge on any atom is 0.416 e. The zero-order valence-electron chi connectivity index (χ0n) is 32.3. The number of nitrogens with zero attached hydrogens (tertiary/aromatic N) is 5. The number of likely N-dealkylation sites (tertiary alicyclic amines) is 1. The lowest BCUT2D eigenvalue weighted by molar-refractivity contribution is -0.191. The van der Waals surface area contributed by atoms with Crippen LogP contribution in [0.25, 0.3) is 11.4 Å². The molecule has 5 rings (SSSR count). The predicted molar refractivity (Wildman–Crippen MR) is 200 cm³/mol. The molecule has 19 heteroatoms. The van der Waals surface area contributed by atoms with Crippen LogP contribution in [0, 0.1) is 6.92 Å². The van der Waals surface area contributed by atoms with Gasteiger partial charge in [-0.05, 0) is 77.4 Å². The number of carbonyl (C=O) groups is 3. The van der Waals surface area contributed by atoms with Gasteiger partial charge in [0.2, 0.25) is 5.91 Å². The number of amides is 2. The summed E-state index contributed by atoms with van der Waals surface area (Å²) in [5.41, 5.74) is 8.86. The summed E-state index contributed by atoms with van der Waals surface area (Å²) in [6.45, 7) is 11.1. The Bertz CT molecular complexity index is 1970. The van der Waals surface area contributed by atoms with Gasteiger partial charge in [-0.15, -0.1) is 12.4 Å². The molecule has 0 unspecified atom stereocenters. The van der Waals surface area contributed by atoms with Gasteiger partial charge in [-0.3, -0.25) is 9.69 Å². The minimum atomic E-state index is -4.43. The van der Waals surface area contributed by atoms with Gasteiger partial charge >= 0.3 is 24.4 Å². The Hall–Kier alpha value is -5.58. The van der Waals surface area contributed by atoms with Crippen molar-refractivity contribution in [1.82, 2.24) is 29.8 Å². The van der Waals surface area contributed by atoms with Crippen molar-refractivity contribution in [1.29, 1.82) is 0 Å². The second kappa shape index (κ2) is 21.1. The first kappa shape index (κ1) is 47.6. The van der Waals surface area contributed by atoms with E-state index in [1.807, 2.05) is 38.1 Å². The number of ether oxygens (including phenoxy) is 2. The molecular weight excluding hydrogens is 778 g/mol. The number of hydrogen-bond acceptors (Lipinski definition) is 10. The number of carbonyl (C=O) groups excluding carboxylic acids is 5. The highest BCUT2D eigenvalue weighted by Gasteiger charge is 2.41. The van der Waals surface area contributed by atoms with Crippen LogP contribution in [0.15, 0.2) is 60.9 Å². The van der Waals surface area contributed by atoms with Gasteiger partial charge in [-0.25, -0.2) is 23.3 Å². The lowest BCUT2D eigenvalue weighted by Crippen LogP contribution is -2.47. The van der Waals surface area contributed by atoms with Crippen molar-refractivity contribution >= 4 is 36.5 Å². The van der Waals surface area contributed by atoms with Crippen LogP contribution in [0.2, 0.25) is 0 Å². The standard InChI is InChI=1S/C23H28F4N4O3.C14H17N3O2.CO2.ClH/c1-5-18-14(12-31(29-18)17-8-6-15(7-9-17)23(25,26)27)11-28-20(32)19-10-16(24)13-30(19)21(33)34-22(2,3)4;1-3-19-14(18)13-11(8-15)9-17(16-13)12-6-4-10(2)5-7-12;2-1-3;/h6-9,12,16,19H,5,10-11,13H2,1-4H3,(H,28,32);4-7,9H,3,8,15H2,1-2H3;;1H/t16-,19+;;;/m1.../s1. The first-order valence-corrected chi connectivity index (χ1v) is 17.5. The highest BCUT2D eigenvalue weighted by molar-refractivity contribution is 5.89. The fourth-order valence-electron chi connectivity index (χ4n) is 5.44. The Kier molecular flexibility index (Phi) is 17.6. The van der Waals surface area contributed by atoms with E-state index >= 15 is 0 Å². The Morgan fingerprint density at radius 3 is 1.98 bits per heavy atom. The van der Waals surface area contributed by atoms with Crippen LogP contribution in [0.4, 0.5) is 22.4 Å². The molecule has 4 aromatic rings. The van der Waals surface area contributed by atoms with Crippen molar-refractivity contribution in [3.8, 4) is 11.4 Å².